The van der Waals surface area contributed by atoms with Gasteiger partial charge in [0.1, 0.15) is 21.2 Å². The molecule has 5 nitrogen and oxygen atoms in total. The first-order valence-corrected chi connectivity index (χ1v) is 12.9. The topological polar surface area (TPSA) is 74.4 Å². The predicted molar refractivity (Wildman–Crippen MR) is 155 cm³/mol. The van der Waals surface area contributed by atoms with E-state index in [1.165, 1.54) is 11.3 Å². The zero-order chi connectivity index (χ0) is 26.2. The maximum atomic E-state index is 13.7. The highest BCUT2D eigenvalue weighted by molar-refractivity contribution is 7.21. The van der Waals surface area contributed by atoms with Crippen LogP contribution < -0.4 is 15.2 Å². The lowest BCUT2D eigenvalue weighted by Gasteiger charge is -2.10. The Morgan fingerprint density at radius 3 is 2.05 bits per heavy atom. The van der Waals surface area contributed by atoms with Crippen molar-refractivity contribution in [1.82, 2.24) is 4.98 Å². The molecular weight excluding hydrogens is 492 g/mol. The molecular formula is C32H24N2O3S. The molecule has 0 bridgehead atoms. The quantitative estimate of drug-likeness (QED) is 0.231. The van der Waals surface area contributed by atoms with Crippen molar-refractivity contribution in [3.63, 3.8) is 0 Å². The lowest BCUT2D eigenvalue weighted by molar-refractivity contribution is 0.104. The van der Waals surface area contributed by atoms with Crippen LogP contribution in [0.1, 0.15) is 15.2 Å². The summed E-state index contributed by atoms with van der Waals surface area (Å²) in [4.78, 5) is 19.9. The summed E-state index contributed by atoms with van der Waals surface area (Å²) < 4.78 is 10.7. The van der Waals surface area contributed by atoms with Crippen molar-refractivity contribution >= 4 is 43.8 Å². The maximum absolute atomic E-state index is 13.7. The van der Waals surface area contributed by atoms with Crippen molar-refractivity contribution in [2.45, 2.75) is 0 Å². The van der Waals surface area contributed by atoms with Gasteiger partial charge in [0.25, 0.3) is 0 Å². The number of aromatic nitrogens is 1. The van der Waals surface area contributed by atoms with Crippen LogP contribution in [0.5, 0.6) is 11.5 Å². The molecule has 0 spiro atoms. The van der Waals surface area contributed by atoms with Crippen molar-refractivity contribution in [2.24, 2.45) is 0 Å². The molecule has 6 aromatic rings. The van der Waals surface area contributed by atoms with Crippen molar-refractivity contribution in [3.05, 3.63) is 108 Å². The molecule has 6 rings (SSSR count). The first-order chi connectivity index (χ1) is 18.6. The average Bonchev–Trinajstić information content (AvgIpc) is 3.32. The number of nitrogen functional groups attached to an aromatic ring is 1. The summed E-state index contributed by atoms with van der Waals surface area (Å²) in [5, 5.41) is 2.87. The number of nitrogens with two attached hydrogens (primary N) is 1. The fraction of sp³-hybridized carbons (Fsp3) is 0.0625. The van der Waals surface area contributed by atoms with E-state index < -0.39 is 0 Å². The summed E-state index contributed by atoms with van der Waals surface area (Å²) in [6, 6.07) is 31.3. The highest BCUT2D eigenvalue weighted by atomic mass is 32.1. The Bertz CT molecular complexity index is 1810. The number of pyridine rings is 1. The largest absolute Gasteiger partial charge is 0.497 e. The molecule has 0 saturated carbocycles. The molecule has 186 valence electrons. The van der Waals surface area contributed by atoms with Gasteiger partial charge in [-0.25, -0.2) is 4.98 Å². The Morgan fingerprint density at radius 1 is 0.763 bits per heavy atom. The van der Waals surface area contributed by atoms with Crippen LogP contribution in [0, 0.1) is 0 Å². The number of carbonyl (C=O) groups excluding carboxylic acids is 1. The highest BCUT2D eigenvalue weighted by Gasteiger charge is 2.23. The molecule has 38 heavy (non-hydrogen) atoms. The number of hydrogen-bond donors (Lipinski definition) is 1. The van der Waals surface area contributed by atoms with Crippen molar-refractivity contribution in [1.29, 1.82) is 0 Å². The number of thiophene rings is 1. The average molecular weight is 517 g/mol. The van der Waals surface area contributed by atoms with Crippen LogP contribution in [0.3, 0.4) is 0 Å². The number of ether oxygens (including phenoxy) is 2. The molecule has 0 saturated heterocycles. The van der Waals surface area contributed by atoms with E-state index in [0.717, 1.165) is 50.0 Å². The number of nitrogens with zero attached hydrogens (tertiary/aromatic N) is 1. The number of rotatable bonds is 6. The number of anilines is 1. The van der Waals surface area contributed by atoms with Gasteiger partial charge < -0.3 is 15.2 Å². The fourth-order valence-corrected chi connectivity index (χ4v) is 5.74. The zero-order valence-corrected chi connectivity index (χ0v) is 21.7. The Hall–Kier alpha value is -4.68. The summed E-state index contributed by atoms with van der Waals surface area (Å²) in [5.74, 6) is 1.43. The van der Waals surface area contributed by atoms with E-state index in [4.69, 9.17) is 20.2 Å². The van der Waals surface area contributed by atoms with Gasteiger partial charge in [0.15, 0.2) is 0 Å². The monoisotopic (exact) mass is 516 g/mol. The van der Waals surface area contributed by atoms with Crippen LogP contribution in [0.2, 0.25) is 0 Å². The first-order valence-electron chi connectivity index (χ1n) is 12.1. The van der Waals surface area contributed by atoms with E-state index in [9.17, 15) is 4.79 Å². The minimum absolute atomic E-state index is 0.108. The smallest absolute Gasteiger partial charge is 0.205 e. The van der Waals surface area contributed by atoms with Crippen LogP contribution in [0.15, 0.2) is 97.1 Å². The molecule has 2 aromatic heterocycles. The molecule has 0 atom stereocenters. The second kappa shape index (κ2) is 9.65. The molecule has 0 radical (unpaired) electrons. The highest BCUT2D eigenvalue weighted by Crippen LogP contribution is 2.42. The van der Waals surface area contributed by atoms with Gasteiger partial charge in [-0.1, -0.05) is 48.5 Å². The third kappa shape index (κ3) is 4.15. The van der Waals surface area contributed by atoms with Gasteiger partial charge in [-0.3, -0.25) is 4.79 Å². The molecule has 0 fully saturated rings. The van der Waals surface area contributed by atoms with Gasteiger partial charge in [-0.15, -0.1) is 11.3 Å². The van der Waals surface area contributed by atoms with Gasteiger partial charge in [0.05, 0.1) is 25.6 Å². The summed E-state index contributed by atoms with van der Waals surface area (Å²) in [7, 11) is 3.28. The normalized spacial score (nSPS) is 11.1. The van der Waals surface area contributed by atoms with Gasteiger partial charge in [-0.05, 0) is 70.4 Å². The number of carbonyl (C=O) groups is 1. The lowest BCUT2D eigenvalue weighted by Crippen LogP contribution is -2.02. The molecule has 4 aromatic carbocycles. The summed E-state index contributed by atoms with van der Waals surface area (Å²) >= 11 is 1.33. The Morgan fingerprint density at radius 2 is 1.39 bits per heavy atom. The van der Waals surface area contributed by atoms with Crippen molar-refractivity contribution in [2.75, 3.05) is 20.0 Å². The van der Waals surface area contributed by atoms with Gasteiger partial charge in [0, 0.05) is 16.5 Å². The van der Waals surface area contributed by atoms with Crippen molar-refractivity contribution in [3.8, 4) is 33.9 Å². The first kappa shape index (κ1) is 23.7. The van der Waals surface area contributed by atoms with E-state index >= 15 is 0 Å². The lowest BCUT2D eigenvalue weighted by atomic mass is 9.98. The number of fused-ring (bicyclic) bond motifs is 2. The van der Waals surface area contributed by atoms with Gasteiger partial charge in [0.2, 0.25) is 5.78 Å². The van der Waals surface area contributed by atoms with E-state index in [1.807, 2.05) is 97.1 Å². The maximum Gasteiger partial charge on any atom is 0.205 e. The molecule has 0 amide bonds. The third-order valence-electron chi connectivity index (χ3n) is 6.70. The van der Waals surface area contributed by atoms with Crippen LogP contribution >= 0.6 is 11.3 Å². The second-order valence-electron chi connectivity index (χ2n) is 8.93. The Balaban J connectivity index is 1.53. The summed E-state index contributed by atoms with van der Waals surface area (Å²) in [6.07, 6.45) is 0. The molecule has 0 aliphatic heterocycles. The zero-order valence-electron chi connectivity index (χ0n) is 20.9. The summed E-state index contributed by atoms with van der Waals surface area (Å²) in [5.41, 5.74) is 11.4. The van der Waals surface area contributed by atoms with E-state index in [2.05, 4.69) is 0 Å². The van der Waals surface area contributed by atoms with Crippen molar-refractivity contribution < 1.29 is 14.3 Å². The van der Waals surface area contributed by atoms with Gasteiger partial charge in [-0.2, -0.15) is 0 Å². The van der Waals surface area contributed by atoms with Crippen LogP contribution in [-0.4, -0.2) is 25.0 Å². The van der Waals surface area contributed by atoms with Crippen LogP contribution in [0.25, 0.3) is 43.4 Å². The Labute approximate surface area is 224 Å². The fourth-order valence-electron chi connectivity index (χ4n) is 4.66. The van der Waals surface area contributed by atoms with E-state index in [0.29, 0.717) is 21.0 Å². The number of benzene rings is 4. The van der Waals surface area contributed by atoms with E-state index in [-0.39, 0.29) is 5.78 Å². The van der Waals surface area contributed by atoms with Crippen LogP contribution in [-0.2, 0) is 0 Å². The number of hydrogen-bond acceptors (Lipinski definition) is 6. The summed E-state index contributed by atoms with van der Waals surface area (Å²) in [6.45, 7) is 0. The second-order valence-corrected chi connectivity index (χ2v) is 9.93. The van der Waals surface area contributed by atoms with Gasteiger partial charge >= 0.3 is 0 Å². The minimum atomic E-state index is -0.108. The molecule has 2 heterocycles. The van der Waals surface area contributed by atoms with E-state index in [1.54, 1.807) is 14.2 Å². The number of methoxy groups -OCH3 is 2. The molecule has 0 unspecified atom stereocenters. The SMILES string of the molecule is COc1ccc(-c2cc(-c3ccc(OC)cc3)c3c(N)c(C(=O)c4ccc5ccccc5c4)sc3n2)cc1. The third-order valence-corrected chi connectivity index (χ3v) is 7.80. The minimum Gasteiger partial charge on any atom is -0.497 e. The molecule has 0 aliphatic carbocycles. The molecule has 6 heteroatoms. The Kier molecular flexibility index (Phi) is 6.02. The van der Waals surface area contributed by atoms with Crippen LogP contribution in [0.4, 0.5) is 5.69 Å². The standard InChI is InChI=1S/C32H24N2O3S/c1-36-24-13-9-20(10-14-24)26-18-27(21-11-15-25(37-2)16-12-21)34-32-28(26)29(33)31(38-32)30(35)23-8-7-19-5-3-4-6-22(19)17-23/h3-18H,33H2,1-2H3. The predicted octanol–water partition coefficient (Wildman–Crippen LogP) is 7.61. The molecule has 2 N–H and O–H groups in total. The molecule has 0 aliphatic rings. The number of ketones is 1.